The van der Waals surface area contributed by atoms with Crippen molar-refractivity contribution < 1.29 is 9.31 Å². The van der Waals surface area contributed by atoms with E-state index in [1.165, 1.54) is 18.2 Å². The highest BCUT2D eigenvalue weighted by Crippen LogP contribution is 2.15. The summed E-state index contributed by atoms with van der Waals surface area (Å²) in [6.07, 6.45) is 1.74. The van der Waals surface area contributed by atoms with Crippen LogP contribution in [0, 0.1) is 22.9 Å². The molecular formula is C11H12FNO2. The van der Waals surface area contributed by atoms with Gasteiger partial charge in [0.05, 0.1) is 4.92 Å². The van der Waals surface area contributed by atoms with Crippen LogP contribution in [-0.2, 0) is 0 Å². The molecule has 0 saturated carbocycles. The van der Waals surface area contributed by atoms with Gasteiger partial charge in [0.1, 0.15) is 5.82 Å². The summed E-state index contributed by atoms with van der Waals surface area (Å²) >= 11 is 0. The number of rotatable bonds is 3. The molecule has 4 heteroatoms. The monoisotopic (exact) mass is 209 g/mol. The second kappa shape index (κ2) is 4.68. The van der Waals surface area contributed by atoms with Crippen LogP contribution in [-0.4, -0.2) is 4.92 Å². The van der Waals surface area contributed by atoms with Gasteiger partial charge in [-0.15, -0.1) is 0 Å². The van der Waals surface area contributed by atoms with Crippen molar-refractivity contribution in [3.05, 3.63) is 51.0 Å². The van der Waals surface area contributed by atoms with Crippen LogP contribution in [0.2, 0.25) is 0 Å². The molecule has 0 aliphatic rings. The first kappa shape index (κ1) is 11.4. The molecule has 1 rings (SSSR count). The molecule has 0 aliphatic heterocycles. The van der Waals surface area contributed by atoms with E-state index in [4.69, 9.17) is 0 Å². The Morgan fingerprint density at radius 3 is 2.80 bits per heavy atom. The lowest BCUT2D eigenvalue weighted by molar-refractivity contribution is -0.425. The highest BCUT2D eigenvalue weighted by molar-refractivity contribution is 5.54. The Bertz CT molecular complexity index is 413. The van der Waals surface area contributed by atoms with Gasteiger partial charge in [0.25, 0.3) is 0 Å². The lowest BCUT2D eigenvalue weighted by Crippen LogP contribution is -1.97. The Morgan fingerprint density at radius 1 is 1.60 bits per heavy atom. The highest BCUT2D eigenvalue weighted by atomic mass is 19.1. The van der Waals surface area contributed by atoms with E-state index in [0.29, 0.717) is 12.0 Å². The van der Waals surface area contributed by atoms with E-state index < -0.39 is 4.92 Å². The summed E-state index contributed by atoms with van der Waals surface area (Å²) in [5, 5.41) is 10.6. The average Bonchev–Trinajstić information content (AvgIpc) is 2.18. The second-order valence-electron chi connectivity index (χ2n) is 3.25. The van der Waals surface area contributed by atoms with Gasteiger partial charge in [-0.2, -0.15) is 0 Å². The minimum atomic E-state index is -0.440. The zero-order valence-electron chi connectivity index (χ0n) is 8.66. The van der Waals surface area contributed by atoms with Crippen LogP contribution in [0.15, 0.2) is 23.9 Å². The van der Waals surface area contributed by atoms with Crippen molar-refractivity contribution in [1.82, 2.24) is 0 Å². The fourth-order valence-corrected chi connectivity index (χ4v) is 1.23. The van der Waals surface area contributed by atoms with Gasteiger partial charge in [-0.3, -0.25) is 10.1 Å². The Kier molecular flexibility index (Phi) is 3.55. The van der Waals surface area contributed by atoms with Crippen LogP contribution in [0.4, 0.5) is 4.39 Å². The lowest BCUT2D eigenvalue weighted by Gasteiger charge is -2.00. The molecule has 0 amide bonds. The van der Waals surface area contributed by atoms with Gasteiger partial charge in [-0.25, -0.2) is 4.39 Å². The molecule has 0 radical (unpaired) electrons. The molecule has 1 aromatic rings. The van der Waals surface area contributed by atoms with E-state index in [-0.39, 0.29) is 11.5 Å². The molecule has 0 bridgehead atoms. The van der Waals surface area contributed by atoms with Crippen LogP contribution in [0.3, 0.4) is 0 Å². The van der Waals surface area contributed by atoms with Crippen LogP contribution in [0.5, 0.6) is 0 Å². The quantitative estimate of drug-likeness (QED) is 0.566. The standard InChI is InChI=1S/C11H12FNO2/c1-3-11(13(14)15)7-9-6-10(12)5-4-8(9)2/h4-7H,3H2,1-2H3/b11-7-. The van der Waals surface area contributed by atoms with Crippen LogP contribution < -0.4 is 0 Å². The lowest BCUT2D eigenvalue weighted by atomic mass is 10.1. The van der Waals surface area contributed by atoms with Gasteiger partial charge < -0.3 is 0 Å². The average molecular weight is 209 g/mol. The first-order valence-electron chi connectivity index (χ1n) is 4.65. The Balaban J connectivity index is 3.16. The van der Waals surface area contributed by atoms with Gasteiger partial charge in [-0.05, 0) is 30.2 Å². The minimum Gasteiger partial charge on any atom is -0.259 e. The van der Waals surface area contributed by atoms with Crippen LogP contribution in [0.25, 0.3) is 6.08 Å². The molecule has 0 unspecified atom stereocenters. The number of benzene rings is 1. The number of aryl methyl sites for hydroxylation is 1. The van der Waals surface area contributed by atoms with E-state index in [1.807, 2.05) is 0 Å². The highest BCUT2D eigenvalue weighted by Gasteiger charge is 2.08. The predicted molar refractivity (Wildman–Crippen MR) is 56.4 cm³/mol. The third kappa shape index (κ3) is 2.87. The molecule has 0 aromatic heterocycles. The van der Waals surface area contributed by atoms with Gasteiger partial charge in [0, 0.05) is 12.5 Å². The summed E-state index contributed by atoms with van der Waals surface area (Å²) in [7, 11) is 0. The van der Waals surface area contributed by atoms with Crippen LogP contribution in [0.1, 0.15) is 24.5 Å². The zero-order chi connectivity index (χ0) is 11.4. The predicted octanol–water partition coefficient (Wildman–Crippen LogP) is 3.16. The Morgan fingerprint density at radius 2 is 2.27 bits per heavy atom. The summed E-state index contributed by atoms with van der Waals surface area (Å²) in [4.78, 5) is 10.1. The van der Waals surface area contributed by atoms with Gasteiger partial charge in [-0.1, -0.05) is 13.0 Å². The third-order valence-electron chi connectivity index (χ3n) is 2.16. The van der Waals surface area contributed by atoms with E-state index in [0.717, 1.165) is 5.56 Å². The molecule has 15 heavy (non-hydrogen) atoms. The molecular weight excluding hydrogens is 197 g/mol. The van der Waals surface area contributed by atoms with Gasteiger partial charge in [0.2, 0.25) is 5.70 Å². The van der Waals surface area contributed by atoms with Crippen LogP contribution >= 0.6 is 0 Å². The van der Waals surface area contributed by atoms with Crippen molar-refractivity contribution in [3.63, 3.8) is 0 Å². The van der Waals surface area contributed by atoms with Gasteiger partial charge >= 0.3 is 0 Å². The summed E-state index contributed by atoms with van der Waals surface area (Å²) in [6.45, 7) is 3.49. The molecule has 3 nitrogen and oxygen atoms in total. The fourth-order valence-electron chi connectivity index (χ4n) is 1.23. The van der Waals surface area contributed by atoms with E-state index >= 15 is 0 Å². The molecule has 0 heterocycles. The smallest absolute Gasteiger partial charge is 0.246 e. The summed E-state index contributed by atoms with van der Waals surface area (Å²) in [5.74, 6) is -0.384. The molecule has 0 saturated heterocycles. The number of allylic oxidation sites excluding steroid dienone is 1. The van der Waals surface area contributed by atoms with Crippen molar-refractivity contribution in [2.75, 3.05) is 0 Å². The molecule has 0 atom stereocenters. The maximum atomic E-state index is 12.9. The first-order chi connectivity index (χ1) is 7.04. The fraction of sp³-hybridized carbons (Fsp3) is 0.273. The zero-order valence-corrected chi connectivity index (χ0v) is 8.66. The maximum Gasteiger partial charge on any atom is 0.246 e. The van der Waals surface area contributed by atoms with Crippen molar-refractivity contribution in [2.24, 2.45) is 0 Å². The number of nitro groups is 1. The summed E-state index contributed by atoms with van der Waals surface area (Å²) in [6, 6.07) is 4.24. The molecule has 0 aliphatic carbocycles. The molecule has 0 N–H and O–H groups in total. The van der Waals surface area contributed by atoms with E-state index in [1.54, 1.807) is 19.9 Å². The third-order valence-corrected chi connectivity index (χ3v) is 2.16. The van der Waals surface area contributed by atoms with Crippen molar-refractivity contribution in [2.45, 2.75) is 20.3 Å². The number of nitrogens with zero attached hydrogens (tertiary/aromatic N) is 1. The SMILES string of the molecule is CC/C(=C/c1cc(F)ccc1C)[N+](=O)[O-]. The molecule has 0 fully saturated rings. The second-order valence-corrected chi connectivity index (χ2v) is 3.25. The summed E-state index contributed by atoms with van der Waals surface area (Å²) < 4.78 is 12.9. The summed E-state index contributed by atoms with van der Waals surface area (Å²) in [5.41, 5.74) is 1.47. The van der Waals surface area contributed by atoms with Crippen molar-refractivity contribution in [1.29, 1.82) is 0 Å². The normalized spacial score (nSPS) is 11.5. The molecule has 1 aromatic carbocycles. The minimum absolute atomic E-state index is 0.0868. The van der Waals surface area contributed by atoms with Gasteiger partial charge in [0.15, 0.2) is 0 Å². The maximum absolute atomic E-state index is 12.9. The molecule has 0 spiro atoms. The van der Waals surface area contributed by atoms with Crippen molar-refractivity contribution in [3.8, 4) is 0 Å². The number of hydrogen-bond acceptors (Lipinski definition) is 2. The number of hydrogen-bond donors (Lipinski definition) is 0. The topological polar surface area (TPSA) is 43.1 Å². The largest absolute Gasteiger partial charge is 0.259 e. The van der Waals surface area contributed by atoms with E-state index in [2.05, 4.69) is 0 Å². The van der Waals surface area contributed by atoms with E-state index in [9.17, 15) is 14.5 Å². The molecule has 80 valence electrons. The number of halogens is 1. The first-order valence-corrected chi connectivity index (χ1v) is 4.65. The van der Waals surface area contributed by atoms with Crippen molar-refractivity contribution >= 4 is 6.08 Å². The Hall–Kier alpha value is -1.71. The Labute approximate surface area is 87.4 Å².